The van der Waals surface area contributed by atoms with Crippen molar-refractivity contribution < 1.29 is 19.1 Å². The Bertz CT molecular complexity index is 894. The van der Waals surface area contributed by atoms with Gasteiger partial charge in [-0.3, -0.25) is 9.59 Å². The van der Waals surface area contributed by atoms with Crippen LogP contribution in [0.25, 0.3) is 0 Å². The molecule has 0 aromatic heterocycles. The summed E-state index contributed by atoms with van der Waals surface area (Å²) in [5.74, 6) is -1.41. The summed E-state index contributed by atoms with van der Waals surface area (Å²) in [4.78, 5) is 36.6. The van der Waals surface area contributed by atoms with Crippen molar-refractivity contribution in [1.29, 1.82) is 0 Å². The van der Waals surface area contributed by atoms with E-state index in [4.69, 9.17) is 16.3 Å². The van der Waals surface area contributed by atoms with Gasteiger partial charge < -0.3 is 10.1 Å². The van der Waals surface area contributed by atoms with Crippen LogP contribution in [0.15, 0.2) is 42.5 Å². The van der Waals surface area contributed by atoms with Crippen molar-refractivity contribution in [1.82, 2.24) is 5.32 Å². The van der Waals surface area contributed by atoms with Crippen LogP contribution in [0.3, 0.4) is 0 Å². The van der Waals surface area contributed by atoms with Gasteiger partial charge in [0.25, 0.3) is 5.91 Å². The van der Waals surface area contributed by atoms with Gasteiger partial charge in [0, 0.05) is 5.56 Å². The van der Waals surface area contributed by atoms with Gasteiger partial charge in [-0.1, -0.05) is 35.9 Å². The standard InChI is InChI=1S/C21H20ClNO4/c1-13(23-20(25)17-7-2-3-8-18(17)22)21(26)27-12-19(24)16-10-9-14-5-4-6-15(14)11-16/h2-3,7-11,13H,4-6,12H2,1H3,(H,23,25)/t13-/m0/s1. The maximum atomic E-state index is 12.3. The molecule has 0 fully saturated rings. The predicted octanol–water partition coefficient (Wildman–Crippen LogP) is 3.37. The molecule has 5 nitrogen and oxygen atoms in total. The molecule has 2 aromatic rings. The van der Waals surface area contributed by atoms with Crippen molar-refractivity contribution in [2.45, 2.75) is 32.2 Å². The maximum Gasteiger partial charge on any atom is 0.328 e. The summed E-state index contributed by atoms with van der Waals surface area (Å²) in [5, 5.41) is 2.82. The van der Waals surface area contributed by atoms with Gasteiger partial charge in [-0.15, -0.1) is 0 Å². The lowest BCUT2D eigenvalue weighted by molar-refractivity contribution is -0.144. The number of benzene rings is 2. The van der Waals surface area contributed by atoms with Gasteiger partial charge in [-0.2, -0.15) is 0 Å². The molecule has 2 aromatic carbocycles. The smallest absolute Gasteiger partial charge is 0.328 e. The first-order chi connectivity index (χ1) is 13.0. The Morgan fingerprint density at radius 3 is 2.63 bits per heavy atom. The molecule has 1 atom stereocenters. The average molecular weight is 386 g/mol. The van der Waals surface area contributed by atoms with Crippen LogP contribution in [0.5, 0.6) is 0 Å². The van der Waals surface area contributed by atoms with E-state index in [0.29, 0.717) is 10.6 Å². The molecular weight excluding hydrogens is 366 g/mol. The molecule has 0 saturated heterocycles. The van der Waals surface area contributed by atoms with Crippen molar-refractivity contribution in [3.05, 3.63) is 69.7 Å². The highest BCUT2D eigenvalue weighted by atomic mass is 35.5. The fraction of sp³-hybridized carbons (Fsp3) is 0.286. The second-order valence-corrected chi connectivity index (χ2v) is 6.95. The second-order valence-electron chi connectivity index (χ2n) is 6.54. The summed E-state index contributed by atoms with van der Waals surface area (Å²) in [6, 6.07) is 11.2. The molecule has 0 heterocycles. The molecule has 3 rings (SSSR count). The first-order valence-electron chi connectivity index (χ1n) is 8.82. The van der Waals surface area contributed by atoms with E-state index >= 15 is 0 Å². The number of rotatable bonds is 6. The fourth-order valence-corrected chi connectivity index (χ4v) is 3.29. The molecule has 1 N–H and O–H groups in total. The molecule has 0 radical (unpaired) electrons. The van der Waals surface area contributed by atoms with E-state index in [1.54, 1.807) is 30.3 Å². The number of hydrogen-bond acceptors (Lipinski definition) is 4. The lowest BCUT2D eigenvalue weighted by Gasteiger charge is -2.14. The minimum Gasteiger partial charge on any atom is -0.456 e. The zero-order chi connectivity index (χ0) is 19.4. The number of esters is 1. The Balaban J connectivity index is 1.53. The van der Waals surface area contributed by atoms with Crippen LogP contribution in [0.2, 0.25) is 5.02 Å². The fourth-order valence-electron chi connectivity index (χ4n) is 3.07. The molecule has 6 heteroatoms. The van der Waals surface area contributed by atoms with Crippen molar-refractivity contribution in [2.75, 3.05) is 6.61 Å². The highest BCUT2D eigenvalue weighted by Crippen LogP contribution is 2.23. The summed E-state index contributed by atoms with van der Waals surface area (Å²) in [6.45, 7) is 1.14. The second kappa shape index (κ2) is 8.35. The monoisotopic (exact) mass is 385 g/mol. The largest absolute Gasteiger partial charge is 0.456 e. The number of Topliss-reactive ketones (excluding diaryl/α,β-unsaturated/α-hetero) is 1. The Morgan fingerprint density at radius 1 is 1.11 bits per heavy atom. The van der Waals surface area contributed by atoms with Crippen molar-refractivity contribution in [2.24, 2.45) is 0 Å². The summed E-state index contributed by atoms with van der Waals surface area (Å²) in [7, 11) is 0. The normalized spacial score (nSPS) is 13.6. The molecule has 1 amide bonds. The van der Waals surface area contributed by atoms with Crippen molar-refractivity contribution in [3.63, 3.8) is 0 Å². The molecule has 0 saturated carbocycles. The Kier molecular flexibility index (Phi) is 5.91. The van der Waals surface area contributed by atoms with Crippen LogP contribution in [0.1, 0.15) is 45.2 Å². The summed E-state index contributed by atoms with van der Waals surface area (Å²) in [6.07, 6.45) is 3.12. The molecule has 27 heavy (non-hydrogen) atoms. The van der Waals surface area contributed by atoms with Gasteiger partial charge in [0.2, 0.25) is 0 Å². The lowest BCUT2D eigenvalue weighted by atomic mass is 10.0. The number of fused-ring (bicyclic) bond motifs is 1. The van der Waals surface area contributed by atoms with Gasteiger partial charge in [-0.05, 0) is 55.5 Å². The van der Waals surface area contributed by atoms with Gasteiger partial charge in [0.1, 0.15) is 6.04 Å². The molecule has 0 unspecified atom stereocenters. The van der Waals surface area contributed by atoms with Crippen molar-refractivity contribution in [3.8, 4) is 0 Å². The molecule has 1 aliphatic rings. The number of carbonyl (C=O) groups is 3. The minimum atomic E-state index is -0.901. The third-order valence-corrected chi connectivity index (χ3v) is 4.92. The molecular formula is C21H20ClNO4. The maximum absolute atomic E-state index is 12.3. The van der Waals surface area contributed by atoms with E-state index in [2.05, 4.69) is 5.32 Å². The van der Waals surface area contributed by atoms with E-state index in [1.165, 1.54) is 18.1 Å². The SMILES string of the molecule is C[C@H](NC(=O)c1ccccc1Cl)C(=O)OCC(=O)c1ccc2c(c1)CCC2. The van der Waals surface area contributed by atoms with Crippen LogP contribution in [-0.2, 0) is 22.4 Å². The van der Waals surface area contributed by atoms with Crippen LogP contribution >= 0.6 is 11.6 Å². The quantitative estimate of drug-likeness (QED) is 0.611. The predicted molar refractivity (Wildman–Crippen MR) is 102 cm³/mol. The average Bonchev–Trinajstić information content (AvgIpc) is 3.13. The van der Waals surface area contributed by atoms with Crippen LogP contribution in [-0.4, -0.2) is 30.3 Å². The number of ether oxygens (including phenoxy) is 1. The van der Waals surface area contributed by atoms with E-state index in [0.717, 1.165) is 19.3 Å². The molecule has 140 valence electrons. The topological polar surface area (TPSA) is 72.5 Å². The van der Waals surface area contributed by atoms with Gasteiger partial charge in [0.15, 0.2) is 12.4 Å². The Hall–Kier alpha value is -2.66. The first kappa shape index (κ1) is 19.1. The van der Waals surface area contributed by atoms with Crippen LogP contribution < -0.4 is 5.32 Å². The van der Waals surface area contributed by atoms with E-state index in [9.17, 15) is 14.4 Å². The zero-order valence-corrected chi connectivity index (χ0v) is 15.7. The number of amides is 1. The highest BCUT2D eigenvalue weighted by Gasteiger charge is 2.21. The number of aryl methyl sites for hydroxylation is 2. The molecule has 0 aliphatic heterocycles. The van der Waals surface area contributed by atoms with Gasteiger partial charge in [-0.25, -0.2) is 4.79 Å². The minimum absolute atomic E-state index is 0.261. The summed E-state index contributed by atoms with van der Waals surface area (Å²) in [5.41, 5.74) is 3.27. The number of ketones is 1. The lowest BCUT2D eigenvalue weighted by Crippen LogP contribution is -2.40. The van der Waals surface area contributed by atoms with Gasteiger partial charge in [0.05, 0.1) is 10.6 Å². The first-order valence-corrected chi connectivity index (χ1v) is 9.20. The van der Waals surface area contributed by atoms with Crippen molar-refractivity contribution >= 4 is 29.3 Å². The molecule has 0 bridgehead atoms. The highest BCUT2D eigenvalue weighted by molar-refractivity contribution is 6.33. The Morgan fingerprint density at radius 2 is 1.85 bits per heavy atom. The van der Waals surface area contributed by atoms with E-state index in [-0.39, 0.29) is 18.0 Å². The zero-order valence-electron chi connectivity index (χ0n) is 15.0. The number of halogens is 1. The third-order valence-electron chi connectivity index (χ3n) is 4.59. The van der Waals surface area contributed by atoms with Crippen LogP contribution in [0.4, 0.5) is 0 Å². The number of nitrogens with one attached hydrogen (secondary N) is 1. The summed E-state index contributed by atoms with van der Waals surface area (Å²) < 4.78 is 5.07. The molecule has 0 spiro atoms. The number of carbonyl (C=O) groups excluding carboxylic acids is 3. The number of hydrogen-bond donors (Lipinski definition) is 1. The molecule has 1 aliphatic carbocycles. The third kappa shape index (κ3) is 4.55. The van der Waals surface area contributed by atoms with E-state index in [1.807, 2.05) is 12.1 Å². The van der Waals surface area contributed by atoms with Crippen LogP contribution in [0, 0.1) is 0 Å². The summed E-state index contributed by atoms with van der Waals surface area (Å²) >= 11 is 5.97. The van der Waals surface area contributed by atoms with Gasteiger partial charge >= 0.3 is 5.97 Å². The Labute approximate surface area is 162 Å². The van der Waals surface area contributed by atoms with E-state index < -0.39 is 17.9 Å².